The first kappa shape index (κ1) is 20.5. The van der Waals surface area contributed by atoms with Crippen molar-refractivity contribution in [2.45, 2.75) is 33.1 Å². The maximum absolute atomic E-state index is 13.1. The van der Waals surface area contributed by atoms with E-state index in [9.17, 15) is 13.2 Å². The van der Waals surface area contributed by atoms with Crippen LogP contribution in [0.1, 0.15) is 33.1 Å². The van der Waals surface area contributed by atoms with E-state index in [4.69, 9.17) is 4.74 Å². The summed E-state index contributed by atoms with van der Waals surface area (Å²) in [5.74, 6) is 0.326. The average molecular weight is 384 g/mol. The highest BCUT2D eigenvalue weighted by Gasteiger charge is 2.35. The van der Waals surface area contributed by atoms with E-state index >= 15 is 0 Å². The Bertz CT molecular complexity index is 691. The molecular formula is C18H29N3O4S. The summed E-state index contributed by atoms with van der Waals surface area (Å²) in [4.78, 5) is 12.2. The molecule has 0 spiro atoms. The lowest BCUT2D eigenvalue weighted by Gasteiger charge is -2.35. The molecule has 1 aromatic rings. The number of anilines is 1. The third kappa shape index (κ3) is 4.67. The second kappa shape index (κ2) is 9.23. The summed E-state index contributed by atoms with van der Waals surface area (Å²) in [6.45, 7) is 5.40. The summed E-state index contributed by atoms with van der Waals surface area (Å²) in [5, 5.41) is 2.87. The van der Waals surface area contributed by atoms with E-state index in [1.165, 1.54) is 8.61 Å². The van der Waals surface area contributed by atoms with Crippen LogP contribution >= 0.6 is 0 Å². The molecule has 0 radical (unpaired) electrons. The monoisotopic (exact) mass is 383 g/mol. The third-order valence-electron chi connectivity index (χ3n) is 4.56. The Morgan fingerprint density at radius 2 is 2.00 bits per heavy atom. The van der Waals surface area contributed by atoms with Gasteiger partial charge in [-0.05, 0) is 50.5 Å². The molecule has 1 amide bonds. The molecule has 0 aliphatic carbocycles. The summed E-state index contributed by atoms with van der Waals surface area (Å²) in [7, 11) is -2.12. The van der Waals surface area contributed by atoms with E-state index in [0.717, 1.165) is 12.8 Å². The molecule has 2 rings (SSSR count). The zero-order chi connectivity index (χ0) is 19.2. The van der Waals surface area contributed by atoms with Gasteiger partial charge in [-0.3, -0.25) is 9.10 Å². The number of hydrogen-bond donors (Lipinski definition) is 1. The summed E-state index contributed by atoms with van der Waals surface area (Å²) in [6.07, 6.45) is 2.27. The number of carbonyl (C=O) groups is 1. The van der Waals surface area contributed by atoms with Crippen molar-refractivity contribution >= 4 is 21.8 Å². The number of amides is 1. The van der Waals surface area contributed by atoms with Crippen LogP contribution in [0.4, 0.5) is 5.69 Å². The van der Waals surface area contributed by atoms with Crippen LogP contribution in [0.3, 0.4) is 0 Å². The fourth-order valence-corrected chi connectivity index (χ4v) is 4.85. The zero-order valence-electron chi connectivity index (χ0n) is 15.8. The number of benzene rings is 1. The van der Waals surface area contributed by atoms with Gasteiger partial charge in [0, 0.05) is 26.2 Å². The third-order valence-corrected chi connectivity index (χ3v) is 6.57. The minimum atomic E-state index is -3.69. The first-order valence-corrected chi connectivity index (χ1v) is 10.5. The number of nitrogens with zero attached hydrogens (tertiary/aromatic N) is 2. The smallest absolute Gasteiger partial charge is 0.304 e. The molecule has 26 heavy (non-hydrogen) atoms. The maximum atomic E-state index is 13.1. The fourth-order valence-electron chi connectivity index (χ4n) is 3.13. The van der Waals surface area contributed by atoms with Gasteiger partial charge < -0.3 is 10.1 Å². The Kier molecular flexibility index (Phi) is 7.28. The van der Waals surface area contributed by atoms with Crippen LogP contribution in [-0.2, 0) is 15.0 Å². The van der Waals surface area contributed by atoms with Gasteiger partial charge in [0.15, 0.2) is 0 Å². The highest BCUT2D eigenvalue weighted by Crippen LogP contribution is 2.26. The molecule has 1 atom stereocenters. The van der Waals surface area contributed by atoms with Crippen molar-refractivity contribution < 1.29 is 17.9 Å². The van der Waals surface area contributed by atoms with Crippen LogP contribution < -0.4 is 14.4 Å². The predicted octanol–water partition coefficient (Wildman–Crippen LogP) is 2.00. The predicted molar refractivity (Wildman–Crippen MR) is 103 cm³/mol. The molecule has 1 aliphatic rings. The molecule has 1 heterocycles. The van der Waals surface area contributed by atoms with Gasteiger partial charge in [-0.15, -0.1) is 0 Å². The Labute approximate surface area is 156 Å². The second-order valence-electron chi connectivity index (χ2n) is 6.36. The number of methoxy groups -OCH3 is 1. The average Bonchev–Trinajstić information content (AvgIpc) is 2.67. The lowest BCUT2D eigenvalue weighted by molar-refractivity contribution is -0.126. The highest BCUT2D eigenvalue weighted by molar-refractivity contribution is 7.90. The quantitative estimate of drug-likeness (QED) is 0.745. The van der Waals surface area contributed by atoms with Crippen LogP contribution in [0.5, 0.6) is 5.75 Å². The number of rotatable bonds is 8. The molecular weight excluding hydrogens is 354 g/mol. The van der Waals surface area contributed by atoms with Crippen molar-refractivity contribution in [2.75, 3.05) is 37.6 Å². The van der Waals surface area contributed by atoms with E-state index in [0.29, 0.717) is 37.5 Å². The first-order chi connectivity index (χ1) is 12.4. The first-order valence-electron chi connectivity index (χ1n) is 9.13. The molecule has 0 unspecified atom stereocenters. The van der Waals surface area contributed by atoms with E-state index in [-0.39, 0.29) is 18.4 Å². The van der Waals surface area contributed by atoms with E-state index in [2.05, 4.69) is 5.32 Å². The van der Waals surface area contributed by atoms with Crippen molar-refractivity contribution in [3.8, 4) is 5.75 Å². The molecule has 146 valence electrons. The molecule has 1 aromatic carbocycles. The molecule has 1 fully saturated rings. The van der Waals surface area contributed by atoms with Gasteiger partial charge >= 0.3 is 10.2 Å². The van der Waals surface area contributed by atoms with Crippen molar-refractivity contribution in [3.63, 3.8) is 0 Å². The summed E-state index contributed by atoms with van der Waals surface area (Å²) in [5.41, 5.74) is 0.589. The number of piperidine rings is 1. The zero-order valence-corrected chi connectivity index (χ0v) is 16.6. The van der Waals surface area contributed by atoms with Crippen LogP contribution in [-0.4, -0.2) is 51.9 Å². The Hall–Kier alpha value is -1.80. The number of carbonyl (C=O) groups excluding carboxylic acids is 1. The highest BCUT2D eigenvalue weighted by atomic mass is 32.2. The SMILES string of the molecule is CCCNC(=O)[C@H]1CCCN(S(=O)(=O)N(CC)c2ccc(OC)cc2)C1. The summed E-state index contributed by atoms with van der Waals surface area (Å²) < 4.78 is 34.2. The molecule has 1 aliphatic heterocycles. The van der Waals surface area contributed by atoms with E-state index in [1.54, 1.807) is 38.3 Å². The van der Waals surface area contributed by atoms with E-state index < -0.39 is 10.2 Å². The molecule has 1 N–H and O–H groups in total. The van der Waals surface area contributed by atoms with Crippen molar-refractivity contribution in [2.24, 2.45) is 5.92 Å². The fraction of sp³-hybridized carbons (Fsp3) is 0.611. The Morgan fingerprint density at radius 3 is 2.58 bits per heavy atom. The van der Waals surface area contributed by atoms with Crippen molar-refractivity contribution in [1.82, 2.24) is 9.62 Å². The van der Waals surface area contributed by atoms with Crippen molar-refractivity contribution in [1.29, 1.82) is 0 Å². The number of nitrogens with one attached hydrogen (secondary N) is 1. The molecule has 1 saturated heterocycles. The largest absolute Gasteiger partial charge is 0.497 e. The van der Waals surface area contributed by atoms with Gasteiger partial charge in [0.2, 0.25) is 5.91 Å². The van der Waals surface area contributed by atoms with Crippen LogP contribution in [0, 0.1) is 5.92 Å². The van der Waals surface area contributed by atoms with Gasteiger partial charge in [-0.2, -0.15) is 12.7 Å². The van der Waals surface area contributed by atoms with Crippen LogP contribution in [0.25, 0.3) is 0 Å². The van der Waals surface area contributed by atoms with Gasteiger partial charge in [-0.25, -0.2) is 0 Å². The Morgan fingerprint density at radius 1 is 1.31 bits per heavy atom. The molecule has 8 heteroatoms. The minimum absolute atomic E-state index is 0.0563. The Balaban J connectivity index is 2.16. The van der Waals surface area contributed by atoms with Crippen LogP contribution in [0.2, 0.25) is 0 Å². The molecule has 7 nitrogen and oxygen atoms in total. The minimum Gasteiger partial charge on any atom is -0.497 e. The van der Waals surface area contributed by atoms with Gasteiger partial charge in [0.05, 0.1) is 18.7 Å². The van der Waals surface area contributed by atoms with Gasteiger partial charge in [0.1, 0.15) is 5.75 Å². The molecule has 0 aromatic heterocycles. The maximum Gasteiger partial charge on any atom is 0.304 e. The number of hydrogen-bond acceptors (Lipinski definition) is 4. The normalized spacial score (nSPS) is 18.3. The van der Waals surface area contributed by atoms with Gasteiger partial charge in [0.25, 0.3) is 0 Å². The van der Waals surface area contributed by atoms with Crippen LogP contribution in [0.15, 0.2) is 24.3 Å². The van der Waals surface area contributed by atoms with E-state index in [1.807, 2.05) is 6.92 Å². The second-order valence-corrected chi connectivity index (χ2v) is 8.21. The standard InChI is InChI=1S/C18H29N3O4S/c1-4-12-19-18(22)15-7-6-13-20(14-15)26(23,24)21(5-2)16-8-10-17(25-3)11-9-16/h8-11,15H,4-7,12-14H2,1-3H3,(H,19,22)/t15-/m0/s1. The molecule has 0 bridgehead atoms. The van der Waals surface area contributed by atoms with Gasteiger partial charge in [-0.1, -0.05) is 6.92 Å². The molecule has 0 saturated carbocycles. The van der Waals surface area contributed by atoms with Crippen molar-refractivity contribution in [3.05, 3.63) is 24.3 Å². The number of ether oxygens (including phenoxy) is 1. The lowest BCUT2D eigenvalue weighted by Crippen LogP contribution is -2.50. The topological polar surface area (TPSA) is 79.0 Å². The summed E-state index contributed by atoms with van der Waals surface area (Å²) >= 11 is 0. The lowest BCUT2D eigenvalue weighted by atomic mass is 9.99. The summed E-state index contributed by atoms with van der Waals surface area (Å²) in [6, 6.07) is 6.94.